The molecule has 1 aliphatic rings. The van der Waals surface area contributed by atoms with Crippen LogP contribution in [-0.2, 0) is 0 Å². The summed E-state index contributed by atoms with van der Waals surface area (Å²) in [7, 11) is -1.98. The summed E-state index contributed by atoms with van der Waals surface area (Å²) < 4.78 is 0. The summed E-state index contributed by atoms with van der Waals surface area (Å²) in [6.45, 7) is 27.0. The van der Waals surface area contributed by atoms with Crippen molar-refractivity contribution in [3.63, 3.8) is 0 Å². The van der Waals surface area contributed by atoms with Gasteiger partial charge < -0.3 is 0 Å². The van der Waals surface area contributed by atoms with E-state index in [2.05, 4.69) is 113 Å². The zero-order valence-corrected chi connectivity index (χ0v) is 21.7. The van der Waals surface area contributed by atoms with Crippen molar-refractivity contribution in [2.45, 2.75) is 104 Å². The molecule has 1 atom stereocenters. The zero-order valence-electron chi connectivity index (χ0n) is 20.7. The summed E-state index contributed by atoms with van der Waals surface area (Å²) in [5, 5.41) is 2.22. The molecule has 1 aliphatic heterocycles. The Labute approximate surface area is 180 Å². The summed E-state index contributed by atoms with van der Waals surface area (Å²) in [6, 6.07) is 14.5. The average Bonchev–Trinajstić information content (AvgIpc) is 2.58. The fraction of sp³-hybridized carbons (Fsp3) is 0.571. The molecular formula is C28H43P. The molecule has 1 heteroatoms. The Hall–Kier alpha value is -1.13. The Kier molecular flexibility index (Phi) is 5.62. The summed E-state index contributed by atoms with van der Waals surface area (Å²) in [6.07, 6.45) is 0. The second-order valence-corrected chi connectivity index (χ2v) is 18.0. The minimum atomic E-state index is -1.98. The molecular weight excluding hydrogens is 367 g/mol. The molecule has 1 heterocycles. The molecule has 2 aromatic carbocycles. The molecule has 0 saturated carbocycles. The second-order valence-electron chi connectivity index (χ2n) is 12.0. The second kappa shape index (κ2) is 7.23. The van der Waals surface area contributed by atoms with Crippen molar-refractivity contribution < 1.29 is 0 Å². The van der Waals surface area contributed by atoms with Crippen LogP contribution in [-0.4, -0.2) is 10.3 Å². The first kappa shape index (κ1) is 22.6. The van der Waals surface area contributed by atoms with E-state index in [0.717, 1.165) is 0 Å². The molecule has 0 spiro atoms. The molecule has 0 aliphatic carbocycles. The van der Waals surface area contributed by atoms with Crippen molar-refractivity contribution in [1.29, 1.82) is 0 Å². The van der Waals surface area contributed by atoms with E-state index in [9.17, 15) is 0 Å². The third kappa shape index (κ3) is 3.22. The fourth-order valence-electron chi connectivity index (χ4n) is 6.90. The minimum absolute atomic E-state index is 0.268. The van der Waals surface area contributed by atoms with Crippen LogP contribution in [0.4, 0.5) is 0 Å². The molecule has 1 unspecified atom stereocenters. The van der Waals surface area contributed by atoms with E-state index >= 15 is 0 Å². The third-order valence-electron chi connectivity index (χ3n) is 7.61. The molecule has 0 fully saturated rings. The first-order chi connectivity index (χ1) is 13.2. The Bertz CT molecular complexity index is 889. The van der Waals surface area contributed by atoms with E-state index in [4.69, 9.17) is 0 Å². The maximum absolute atomic E-state index is 2.58. The molecule has 160 valence electrons. The van der Waals surface area contributed by atoms with E-state index in [1.807, 2.05) is 0 Å². The summed E-state index contributed by atoms with van der Waals surface area (Å²) in [5.41, 5.74) is 8.32. The van der Waals surface area contributed by atoms with E-state index < -0.39 is 7.26 Å². The number of fused-ring (bicyclic) bond motifs is 3. The van der Waals surface area contributed by atoms with Gasteiger partial charge in [-0.05, 0) is 0 Å². The zero-order chi connectivity index (χ0) is 21.9. The van der Waals surface area contributed by atoms with Crippen molar-refractivity contribution in [3.8, 4) is 11.1 Å². The van der Waals surface area contributed by atoms with Gasteiger partial charge in [-0.1, -0.05) is 0 Å². The van der Waals surface area contributed by atoms with Crippen LogP contribution in [0.15, 0.2) is 36.4 Å². The van der Waals surface area contributed by atoms with Gasteiger partial charge in [0.05, 0.1) is 0 Å². The van der Waals surface area contributed by atoms with Crippen molar-refractivity contribution in [3.05, 3.63) is 53.1 Å². The number of hydrogen-bond acceptors (Lipinski definition) is 0. The molecule has 0 bridgehead atoms. The van der Waals surface area contributed by atoms with Gasteiger partial charge in [-0.2, -0.15) is 0 Å². The SMILES string of the molecule is CC(C)c1cc(C(C)C)c2c(c1)C(C)[PH](C(C)(C)C)(C(C)(C)C)c1ccccc1-2. The maximum atomic E-state index is 2.58. The number of hydrogen-bond donors (Lipinski definition) is 0. The molecule has 0 saturated heterocycles. The molecule has 0 radical (unpaired) electrons. The normalized spacial score (nSPS) is 19.8. The molecule has 29 heavy (non-hydrogen) atoms. The van der Waals surface area contributed by atoms with Crippen molar-refractivity contribution >= 4 is 12.6 Å². The van der Waals surface area contributed by atoms with E-state index in [-0.39, 0.29) is 10.3 Å². The van der Waals surface area contributed by atoms with Gasteiger partial charge >= 0.3 is 181 Å². The summed E-state index contributed by atoms with van der Waals surface area (Å²) >= 11 is 0. The average molecular weight is 411 g/mol. The van der Waals surface area contributed by atoms with Gasteiger partial charge in [0, 0.05) is 0 Å². The van der Waals surface area contributed by atoms with Gasteiger partial charge in [0.15, 0.2) is 0 Å². The standard InChI is InChI=1S/C28H43P/c1-18(2)21-16-23(19(3)4)26-22-14-12-13-15-25(22)29(27(6,7)8,28(9,10)11)20(5)24(26)17-21/h12-20,29H,1-11H3. The van der Waals surface area contributed by atoms with Gasteiger partial charge in [0.25, 0.3) is 0 Å². The van der Waals surface area contributed by atoms with Crippen LogP contribution in [0.3, 0.4) is 0 Å². The first-order valence-corrected chi connectivity index (χ1v) is 13.6. The van der Waals surface area contributed by atoms with Crippen LogP contribution in [0, 0.1) is 0 Å². The van der Waals surface area contributed by atoms with Gasteiger partial charge in [-0.15, -0.1) is 0 Å². The quantitative estimate of drug-likeness (QED) is 0.435. The molecule has 0 amide bonds. The molecule has 0 nitrogen and oxygen atoms in total. The third-order valence-corrected chi connectivity index (χ3v) is 15.2. The first-order valence-electron chi connectivity index (χ1n) is 11.5. The van der Waals surface area contributed by atoms with Gasteiger partial charge in [-0.25, -0.2) is 0 Å². The Balaban J connectivity index is 2.54. The Morgan fingerprint density at radius 3 is 1.83 bits per heavy atom. The Morgan fingerprint density at radius 2 is 1.34 bits per heavy atom. The van der Waals surface area contributed by atoms with E-state index in [1.165, 1.54) is 16.7 Å². The monoisotopic (exact) mass is 410 g/mol. The van der Waals surface area contributed by atoms with E-state index in [1.54, 1.807) is 16.4 Å². The molecule has 0 N–H and O–H groups in total. The predicted octanol–water partition coefficient (Wildman–Crippen LogP) is 8.65. The van der Waals surface area contributed by atoms with Crippen LogP contribution in [0.2, 0.25) is 0 Å². The number of rotatable bonds is 2. The van der Waals surface area contributed by atoms with Crippen LogP contribution < -0.4 is 5.30 Å². The van der Waals surface area contributed by atoms with Gasteiger partial charge in [-0.3, -0.25) is 0 Å². The predicted molar refractivity (Wildman–Crippen MR) is 136 cm³/mol. The van der Waals surface area contributed by atoms with Crippen molar-refractivity contribution in [2.75, 3.05) is 0 Å². The van der Waals surface area contributed by atoms with Crippen LogP contribution in [0.5, 0.6) is 0 Å². The molecule has 2 aromatic rings. The van der Waals surface area contributed by atoms with Gasteiger partial charge in [0.2, 0.25) is 0 Å². The van der Waals surface area contributed by atoms with E-state index in [0.29, 0.717) is 17.5 Å². The van der Waals surface area contributed by atoms with Crippen molar-refractivity contribution in [1.82, 2.24) is 0 Å². The van der Waals surface area contributed by atoms with Crippen LogP contribution in [0.25, 0.3) is 11.1 Å². The fourth-order valence-corrected chi connectivity index (χ4v) is 15.5. The molecule has 3 rings (SSSR count). The van der Waals surface area contributed by atoms with Crippen molar-refractivity contribution in [2.24, 2.45) is 0 Å². The summed E-state index contributed by atoms with van der Waals surface area (Å²) in [5.74, 6) is 1.09. The topological polar surface area (TPSA) is 0 Å². The van der Waals surface area contributed by atoms with Gasteiger partial charge in [0.1, 0.15) is 0 Å². The summed E-state index contributed by atoms with van der Waals surface area (Å²) in [4.78, 5) is 0. The number of benzene rings is 2. The Morgan fingerprint density at radius 1 is 0.793 bits per heavy atom. The van der Waals surface area contributed by atoms with Crippen LogP contribution >= 0.6 is 7.26 Å². The molecule has 0 aromatic heterocycles. The van der Waals surface area contributed by atoms with Crippen LogP contribution in [0.1, 0.15) is 110 Å².